The number of ether oxygens (including phenoxy) is 1. The minimum atomic E-state index is -0.466. The number of carbonyl (C=O) groups excluding carboxylic acids is 1. The van der Waals surface area contributed by atoms with Gasteiger partial charge >= 0.3 is 5.97 Å². The second-order valence-corrected chi connectivity index (χ2v) is 4.89. The SMILES string of the molecule is COC(=O)C(=Cc1ccccc1)CN=Cc1cccc([N+](=O)[O-])c1. The van der Waals surface area contributed by atoms with Crippen molar-refractivity contribution in [2.45, 2.75) is 0 Å². The first-order chi connectivity index (χ1) is 11.6. The Kier molecular flexibility index (Phi) is 5.96. The summed E-state index contributed by atoms with van der Waals surface area (Å²) in [4.78, 5) is 26.3. The largest absolute Gasteiger partial charge is 0.466 e. The number of nitrogens with zero attached hydrogens (tertiary/aromatic N) is 2. The second-order valence-electron chi connectivity index (χ2n) is 4.89. The van der Waals surface area contributed by atoms with Crippen molar-refractivity contribution in [2.75, 3.05) is 13.7 Å². The standard InChI is InChI=1S/C18H16N2O4/c1-24-18(21)16(10-14-6-3-2-4-7-14)13-19-12-15-8-5-9-17(11-15)20(22)23/h2-12H,13H2,1H3. The Labute approximate surface area is 139 Å². The molecule has 2 aromatic rings. The predicted octanol–water partition coefficient (Wildman–Crippen LogP) is 3.27. The van der Waals surface area contributed by atoms with Gasteiger partial charge in [0, 0.05) is 18.3 Å². The molecule has 24 heavy (non-hydrogen) atoms. The molecule has 0 saturated heterocycles. The van der Waals surface area contributed by atoms with Crippen molar-refractivity contribution >= 4 is 23.9 Å². The Morgan fingerprint density at radius 1 is 1.17 bits per heavy atom. The fraction of sp³-hybridized carbons (Fsp3) is 0.111. The Hall–Kier alpha value is -3.28. The van der Waals surface area contributed by atoms with Crippen LogP contribution in [0.1, 0.15) is 11.1 Å². The Bertz CT molecular complexity index is 783. The van der Waals surface area contributed by atoms with Gasteiger partial charge in [-0.15, -0.1) is 0 Å². The third-order valence-corrected chi connectivity index (χ3v) is 3.17. The number of benzene rings is 2. The summed E-state index contributed by atoms with van der Waals surface area (Å²) in [6.07, 6.45) is 3.20. The number of carbonyl (C=O) groups is 1. The predicted molar refractivity (Wildman–Crippen MR) is 92.0 cm³/mol. The lowest BCUT2D eigenvalue weighted by molar-refractivity contribution is -0.384. The van der Waals surface area contributed by atoms with Crippen LogP contribution in [0, 0.1) is 10.1 Å². The molecule has 0 aliphatic rings. The van der Waals surface area contributed by atoms with Crippen LogP contribution in [0.25, 0.3) is 6.08 Å². The van der Waals surface area contributed by atoms with E-state index in [0.29, 0.717) is 11.1 Å². The van der Waals surface area contributed by atoms with Crippen LogP contribution in [0.2, 0.25) is 0 Å². The smallest absolute Gasteiger partial charge is 0.335 e. The first-order valence-electron chi connectivity index (χ1n) is 7.18. The molecule has 0 amide bonds. The van der Waals surface area contributed by atoms with Gasteiger partial charge in [-0.1, -0.05) is 42.5 Å². The molecule has 6 heteroatoms. The van der Waals surface area contributed by atoms with E-state index in [4.69, 9.17) is 4.74 Å². The molecule has 0 aromatic heterocycles. The molecule has 6 nitrogen and oxygen atoms in total. The molecule has 0 saturated carbocycles. The van der Waals surface area contributed by atoms with Crippen LogP contribution in [0.4, 0.5) is 5.69 Å². The molecule has 0 unspecified atom stereocenters. The van der Waals surface area contributed by atoms with E-state index in [-0.39, 0.29) is 12.2 Å². The van der Waals surface area contributed by atoms with Gasteiger partial charge in [-0.3, -0.25) is 15.1 Å². The fourth-order valence-corrected chi connectivity index (χ4v) is 2.02. The van der Waals surface area contributed by atoms with E-state index in [1.807, 2.05) is 30.3 Å². The summed E-state index contributed by atoms with van der Waals surface area (Å²) in [5.41, 5.74) is 1.84. The Balaban J connectivity index is 2.16. The lowest BCUT2D eigenvalue weighted by Gasteiger charge is -2.03. The van der Waals surface area contributed by atoms with E-state index in [9.17, 15) is 14.9 Å². The second kappa shape index (κ2) is 8.38. The number of rotatable bonds is 6. The van der Waals surface area contributed by atoms with E-state index >= 15 is 0 Å². The zero-order chi connectivity index (χ0) is 17.4. The molecular weight excluding hydrogens is 308 g/mol. The highest BCUT2D eigenvalue weighted by Crippen LogP contribution is 2.12. The molecule has 0 atom stereocenters. The number of aliphatic imine (C=N–C) groups is 1. The summed E-state index contributed by atoms with van der Waals surface area (Å²) >= 11 is 0. The maximum Gasteiger partial charge on any atom is 0.335 e. The summed E-state index contributed by atoms with van der Waals surface area (Å²) < 4.78 is 4.77. The van der Waals surface area contributed by atoms with Gasteiger partial charge in [-0.2, -0.15) is 0 Å². The van der Waals surface area contributed by atoms with E-state index in [1.54, 1.807) is 18.2 Å². The number of hydrogen-bond donors (Lipinski definition) is 0. The first kappa shape index (κ1) is 17.1. The quantitative estimate of drug-likeness (QED) is 0.268. The van der Waals surface area contributed by atoms with E-state index < -0.39 is 10.9 Å². The third kappa shape index (κ3) is 4.88. The van der Waals surface area contributed by atoms with Gasteiger partial charge in [0.1, 0.15) is 0 Å². The normalized spacial score (nSPS) is 11.5. The van der Waals surface area contributed by atoms with Gasteiger partial charge in [0.2, 0.25) is 0 Å². The van der Waals surface area contributed by atoms with Crippen molar-refractivity contribution in [1.29, 1.82) is 0 Å². The zero-order valence-electron chi connectivity index (χ0n) is 13.1. The molecule has 0 heterocycles. The molecule has 0 aliphatic heterocycles. The third-order valence-electron chi connectivity index (χ3n) is 3.17. The number of nitro groups is 1. The zero-order valence-corrected chi connectivity index (χ0v) is 13.1. The fourth-order valence-electron chi connectivity index (χ4n) is 2.02. The molecule has 2 aromatic carbocycles. The van der Waals surface area contributed by atoms with Crippen molar-refractivity contribution in [2.24, 2.45) is 4.99 Å². The minimum absolute atomic E-state index is 0.00744. The van der Waals surface area contributed by atoms with Crippen LogP contribution in [0.5, 0.6) is 0 Å². The molecular formula is C18H16N2O4. The van der Waals surface area contributed by atoms with Crippen molar-refractivity contribution in [3.63, 3.8) is 0 Å². The van der Waals surface area contributed by atoms with Crippen molar-refractivity contribution in [3.05, 3.63) is 81.4 Å². The maximum absolute atomic E-state index is 11.8. The lowest BCUT2D eigenvalue weighted by Crippen LogP contribution is -2.07. The van der Waals surface area contributed by atoms with Crippen molar-refractivity contribution < 1.29 is 14.5 Å². The number of nitro benzene ring substituents is 1. The van der Waals surface area contributed by atoms with Crippen molar-refractivity contribution in [1.82, 2.24) is 0 Å². The molecule has 0 aliphatic carbocycles. The number of methoxy groups -OCH3 is 1. The summed E-state index contributed by atoms with van der Waals surface area (Å²) in [6.45, 7) is 0.115. The van der Waals surface area contributed by atoms with Crippen LogP contribution in [0.3, 0.4) is 0 Å². The van der Waals surface area contributed by atoms with Gasteiger partial charge in [0.15, 0.2) is 0 Å². The highest BCUT2D eigenvalue weighted by atomic mass is 16.6. The average molecular weight is 324 g/mol. The average Bonchev–Trinajstić information content (AvgIpc) is 2.61. The lowest BCUT2D eigenvalue weighted by atomic mass is 10.1. The summed E-state index contributed by atoms with van der Waals surface area (Å²) in [6, 6.07) is 15.5. The first-order valence-corrected chi connectivity index (χ1v) is 7.18. The molecule has 0 radical (unpaired) electrons. The van der Waals surface area contributed by atoms with Gasteiger partial charge < -0.3 is 4.74 Å². The number of esters is 1. The van der Waals surface area contributed by atoms with Crippen LogP contribution in [-0.2, 0) is 9.53 Å². The van der Waals surface area contributed by atoms with E-state index in [2.05, 4.69) is 4.99 Å². The van der Waals surface area contributed by atoms with Crippen LogP contribution < -0.4 is 0 Å². The number of non-ortho nitro benzene ring substituents is 1. The molecule has 0 bridgehead atoms. The Morgan fingerprint density at radius 3 is 2.54 bits per heavy atom. The van der Waals surface area contributed by atoms with Crippen LogP contribution in [0.15, 0.2) is 65.2 Å². The van der Waals surface area contributed by atoms with Crippen molar-refractivity contribution in [3.8, 4) is 0 Å². The van der Waals surface area contributed by atoms with E-state index in [0.717, 1.165) is 5.56 Å². The van der Waals surface area contributed by atoms with E-state index in [1.165, 1.54) is 25.5 Å². The van der Waals surface area contributed by atoms with Gasteiger partial charge in [-0.25, -0.2) is 4.79 Å². The summed E-state index contributed by atoms with van der Waals surface area (Å²) in [7, 11) is 1.31. The molecule has 0 spiro atoms. The van der Waals surface area contributed by atoms with Gasteiger partial charge in [0.25, 0.3) is 5.69 Å². The Morgan fingerprint density at radius 2 is 1.88 bits per heavy atom. The summed E-state index contributed by atoms with van der Waals surface area (Å²) in [5, 5.41) is 10.8. The van der Waals surface area contributed by atoms with Crippen LogP contribution >= 0.6 is 0 Å². The van der Waals surface area contributed by atoms with Gasteiger partial charge in [-0.05, 0) is 17.2 Å². The molecule has 0 N–H and O–H groups in total. The molecule has 2 rings (SSSR count). The van der Waals surface area contributed by atoms with Crippen LogP contribution in [-0.4, -0.2) is 30.8 Å². The molecule has 0 fully saturated rings. The summed E-state index contributed by atoms with van der Waals surface area (Å²) in [5.74, 6) is -0.463. The highest BCUT2D eigenvalue weighted by Gasteiger charge is 2.09. The number of hydrogen-bond acceptors (Lipinski definition) is 5. The maximum atomic E-state index is 11.8. The van der Waals surface area contributed by atoms with Gasteiger partial charge in [0.05, 0.1) is 24.2 Å². The minimum Gasteiger partial charge on any atom is -0.466 e. The monoisotopic (exact) mass is 324 g/mol. The molecule has 122 valence electrons. The topological polar surface area (TPSA) is 81.8 Å². The highest BCUT2D eigenvalue weighted by molar-refractivity contribution is 5.94.